The minimum atomic E-state index is 0.584. The number of halogens is 1. The van der Waals surface area contributed by atoms with Gasteiger partial charge in [0.05, 0.1) is 5.52 Å². The summed E-state index contributed by atoms with van der Waals surface area (Å²) in [5, 5.41) is 1.22. The van der Waals surface area contributed by atoms with Gasteiger partial charge in [0.2, 0.25) is 0 Å². The number of hydrogen-bond acceptors (Lipinski definition) is 2. The Balaban J connectivity index is 2.03. The van der Waals surface area contributed by atoms with Gasteiger partial charge in [0.1, 0.15) is 0 Å². The van der Waals surface area contributed by atoms with E-state index in [2.05, 4.69) is 64.1 Å². The largest absolute Gasteiger partial charge is 0.302 e. The highest BCUT2D eigenvalue weighted by molar-refractivity contribution is 9.09. The van der Waals surface area contributed by atoms with Gasteiger partial charge in [-0.05, 0) is 43.8 Å². The van der Waals surface area contributed by atoms with Crippen LogP contribution in [0.2, 0.25) is 0 Å². The Labute approximate surface area is 117 Å². The molecule has 0 saturated carbocycles. The minimum Gasteiger partial charge on any atom is -0.302 e. The first-order chi connectivity index (χ1) is 8.65. The zero-order valence-corrected chi connectivity index (χ0v) is 12.5. The summed E-state index contributed by atoms with van der Waals surface area (Å²) in [7, 11) is 2.17. The maximum atomic E-state index is 4.34. The first kappa shape index (κ1) is 13.5. The summed E-state index contributed by atoms with van der Waals surface area (Å²) in [5.41, 5.74) is 2.42. The molecule has 1 aromatic heterocycles. The summed E-state index contributed by atoms with van der Waals surface area (Å²) < 4.78 is 0. The SMILES string of the molecule is CC(Br)CCN(C)Cc1ccc2ncccc2c1. The maximum absolute atomic E-state index is 4.34. The third-order valence-electron chi connectivity index (χ3n) is 3.03. The van der Waals surface area contributed by atoms with Gasteiger partial charge in [-0.25, -0.2) is 0 Å². The summed E-state index contributed by atoms with van der Waals surface area (Å²) in [4.78, 5) is 7.28. The van der Waals surface area contributed by atoms with Crippen molar-refractivity contribution < 1.29 is 0 Å². The van der Waals surface area contributed by atoms with Crippen LogP contribution in [0.1, 0.15) is 18.9 Å². The van der Waals surface area contributed by atoms with Gasteiger partial charge in [0.25, 0.3) is 0 Å². The lowest BCUT2D eigenvalue weighted by Gasteiger charge is -2.17. The van der Waals surface area contributed by atoms with Gasteiger partial charge >= 0.3 is 0 Å². The van der Waals surface area contributed by atoms with Gasteiger partial charge in [-0.2, -0.15) is 0 Å². The van der Waals surface area contributed by atoms with Crippen molar-refractivity contribution >= 4 is 26.8 Å². The van der Waals surface area contributed by atoms with Gasteiger partial charge in [0.15, 0.2) is 0 Å². The number of fused-ring (bicyclic) bond motifs is 1. The van der Waals surface area contributed by atoms with Gasteiger partial charge in [-0.15, -0.1) is 0 Å². The molecule has 1 unspecified atom stereocenters. The molecule has 2 aromatic rings. The molecule has 1 atom stereocenters. The fourth-order valence-corrected chi connectivity index (χ4v) is 2.22. The van der Waals surface area contributed by atoms with Crippen LogP contribution in [-0.4, -0.2) is 28.3 Å². The van der Waals surface area contributed by atoms with Crippen molar-refractivity contribution in [2.45, 2.75) is 24.7 Å². The summed E-state index contributed by atoms with van der Waals surface area (Å²) in [5.74, 6) is 0. The third-order valence-corrected chi connectivity index (χ3v) is 3.49. The molecule has 0 amide bonds. The van der Waals surface area contributed by atoms with Gasteiger partial charge in [-0.3, -0.25) is 4.98 Å². The van der Waals surface area contributed by atoms with E-state index in [-0.39, 0.29) is 0 Å². The highest BCUT2D eigenvalue weighted by atomic mass is 79.9. The topological polar surface area (TPSA) is 16.1 Å². The van der Waals surface area contributed by atoms with Gasteiger partial charge in [0, 0.05) is 23.0 Å². The number of rotatable bonds is 5. The van der Waals surface area contributed by atoms with E-state index in [0.717, 1.165) is 18.6 Å². The van der Waals surface area contributed by atoms with Crippen LogP contribution in [0.25, 0.3) is 10.9 Å². The highest BCUT2D eigenvalue weighted by Gasteiger charge is 2.03. The first-order valence-corrected chi connectivity index (χ1v) is 7.23. The minimum absolute atomic E-state index is 0.584. The number of benzene rings is 1. The van der Waals surface area contributed by atoms with E-state index in [4.69, 9.17) is 0 Å². The predicted molar refractivity (Wildman–Crippen MR) is 81.1 cm³/mol. The van der Waals surface area contributed by atoms with Crippen LogP contribution in [0.15, 0.2) is 36.5 Å². The summed E-state index contributed by atoms with van der Waals surface area (Å²) in [6.07, 6.45) is 3.01. The number of nitrogens with zero attached hydrogens (tertiary/aromatic N) is 2. The smallest absolute Gasteiger partial charge is 0.0702 e. The fourth-order valence-electron chi connectivity index (χ4n) is 2.01. The molecule has 0 fully saturated rings. The zero-order chi connectivity index (χ0) is 13.0. The van der Waals surface area contributed by atoms with Crippen LogP contribution >= 0.6 is 15.9 Å². The standard InChI is InChI=1S/C15H19BrN2/c1-12(16)7-9-18(2)11-13-5-6-15-14(10-13)4-3-8-17-15/h3-6,8,10,12H,7,9,11H2,1-2H3. The van der Waals surface area contributed by atoms with Crippen LogP contribution < -0.4 is 0 Å². The molecular formula is C15H19BrN2. The van der Waals surface area contributed by atoms with Crippen molar-refractivity contribution in [3.05, 3.63) is 42.1 Å². The molecule has 18 heavy (non-hydrogen) atoms. The molecule has 0 radical (unpaired) electrons. The fraction of sp³-hybridized carbons (Fsp3) is 0.400. The number of pyridine rings is 1. The van der Waals surface area contributed by atoms with Crippen molar-refractivity contribution in [2.24, 2.45) is 0 Å². The van der Waals surface area contributed by atoms with E-state index in [9.17, 15) is 0 Å². The normalized spacial score (nSPS) is 13.1. The second-order valence-corrected chi connectivity index (χ2v) is 6.40. The molecule has 1 aromatic carbocycles. The van der Waals surface area contributed by atoms with Crippen LogP contribution in [0.3, 0.4) is 0 Å². The van der Waals surface area contributed by atoms with Crippen molar-refractivity contribution in [3.8, 4) is 0 Å². The Hall–Kier alpha value is -0.930. The van der Waals surface area contributed by atoms with Crippen molar-refractivity contribution in [2.75, 3.05) is 13.6 Å². The van der Waals surface area contributed by atoms with Crippen molar-refractivity contribution in [1.29, 1.82) is 0 Å². The van der Waals surface area contributed by atoms with E-state index in [1.54, 1.807) is 0 Å². The quantitative estimate of drug-likeness (QED) is 0.780. The second kappa shape index (κ2) is 6.30. The molecule has 0 N–H and O–H groups in total. The molecule has 0 aliphatic rings. The predicted octanol–water partition coefficient (Wildman–Crippen LogP) is 3.84. The summed E-state index contributed by atoms with van der Waals surface area (Å²) >= 11 is 3.59. The molecule has 0 saturated heterocycles. The van der Waals surface area contributed by atoms with Crippen LogP contribution in [-0.2, 0) is 6.54 Å². The Kier molecular flexibility index (Phi) is 4.72. The van der Waals surface area contributed by atoms with Crippen LogP contribution in [0, 0.1) is 0 Å². The molecule has 96 valence electrons. The lowest BCUT2D eigenvalue weighted by molar-refractivity contribution is 0.323. The van der Waals surface area contributed by atoms with Gasteiger partial charge in [-0.1, -0.05) is 35.0 Å². The van der Waals surface area contributed by atoms with Gasteiger partial charge < -0.3 is 4.90 Å². The number of aromatic nitrogens is 1. The molecule has 0 bridgehead atoms. The molecule has 1 heterocycles. The maximum Gasteiger partial charge on any atom is 0.0702 e. The number of alkyl halides is 1. The van der Waals surface area contributed by atoms with E-state index < -0.39 is 0 Å². The van der Waals surface area contributed by atoms with E-state index in [1.807, 2.05) is 12.3 Å². The Morgan fingerprint density at radius 3 is 2.94 bits per heavy atom. The summed E-state index contributed by atoms with van der Waals surface area (Å²) in [6.45, 7) is 4.29. The molecular weight excluding hydrogens is 288 g/mol. The molecule has 0 aliphatic carbocycles. The Morgan fingerprint density at radius 1 is 1.33 bits per heavy atom. The molecule has 0 aliphatic heterocycles. The summed E-state index contributed by atoms with van der Waals surface area (Å²) in [6, 6.07) is 10.6. The van der Waals surface area contributed by atoms with Crippen molar-refractivity contribution in [1.82, 2.24) is 9.88 Å². The number of hydrogen-bond donors (Lipinski definition) is 0. The van der Waals surface area contributed by atoms with Crippen LogP contribution in [0.5, 0.6) is 0 Å². The second-order valence-electron chi connectivity index (χ2n) is 4.84. The van der Waals surface area contributed by atoms with Crippen LogP contribution in [0.4, 0.5) is 0 Å². The molecule has 2 nitrogen and oxygen atoms in total. The lowest BCUT2D eigenvalue weighted by Crippen LogP contribution is -2.20. The molecule has 0 spiro atoms. The zero-order valence-electron chi connectivity index (χ0n) is 10.9. The average molecular weight is 307 g/mol. The Morgan fingerprint density at radius 2 is 2.17 bits per heavy atom. The third kappa shape index (κ3) is 3.79. The van der Waals surface area contributed by atoms with Crippen molar-refractivity contribution in [3.63, 3.8) is 0 Å². The Bertz CT molecular complexity index is 511. The van der Waals surface area contributed by atoms with E-state index in [1.165, 1.54) is 17.4 Å². The highest BCUT2D eigenvalue weighted by Crippen LogP contribution is 2.15. The first-order valence-electron chi connectivity index (χ1n) is 6.31. The molecule has 2 rings (SSSR count). The lowest BCUT2D eigenvalue weighted by atomic mass is 10.1. The van der Waals surface area contributed by atoms with E-state index in [0.29, 0.717) is 4.83 Å². The van der Waals surface area contributed by atoms with E-state index >= 15 is 0 Å². The molecule has 3 heteroatoms. The monoisotopic (exact) mass is 306 g/mol. The average Bonchev–Trinajstić information content (AvgIpc) is 2.36.